The molecular formula is C25H40FNO2Si. The second kappa shape index (κ2) is 9.80. The van der Waals surface area contributed by atoms with Gasteiger partial charge < -0.3 is 14.4 Å². The lowest BCUT2D eigenvalue weighted by Gasteiger charge is -2.49. The second-order valence-electron chi connectivity index (χ2n) is 10.2. The summed E-state index contributed by atoms with van der Waals surface area (Å²) in [4.78, 5) is 2.39. The van der Waals surface area contributed by atoms with Gasteiger partial charge in [0, 0.05) is 11.3 Å². The predicted octanol–water partition coefficient (Wildman–Crippen LogP) is 5.83. The van der Waals surface area contributed by atoms with Crippen LogP contribution in [0.2, 0.25) is 13.1 Å². The molecule has 0 bridgehead atoms. The number of aliphatic hydroxyl groups excluding tert-OH is 1. The van der Waals surface area contributed by atoms with Crippen LogP contribution < -0.4 is 0 Å². The summed E-state index contributed by atoms with van der Waals surface area (Å²) < 4.78 is 19.9. The monoisotopic (exact) mass is 433 g/mol. The van der Waals surface area contributed by atoms with Gasteiger partial charge in [0.2, 0.25) is 0 Å². The molecule has 0 aromatic heterocycles. The van der Waals surface area contributed by atoms with Crippen molar-refractivity contribution in [3.8, 4) is 0 Å². The molecule has 0 spiro atoms. The van der Waals surface area contributed by atoms with Gasteiger partial charge in [0.15, 0.2) is 9.04 Å². The average molecular weight is 434 g/mol. The minimum Gasteiger partial charge on any atom is -0.403 e. The summed E-state index contributed by atoms with van der Waals surface area (Å²) in [6.07, 6.45) is 0. The van der Waals surface area contributed by atoms with Crippen LogP contribution in [-0.2, 0) is 4.43 Å². The number of nitrogens with zero attached hydrogens (tertiary/aromatic N) is 1. The number of aliphatic hydroxyl groups is 1. The molecule has 1 aliphatic heterocycles. The maximum atomic E-state index is 13.7. The molecular weight excluding hydrogens is 393 g/mol. The Kier molecular flexibility index (Phi) is 8.11. The topological polar surface area (TPSA) is 32.7 Å². The Morgan fingerprint density at radius 3 is 2.07 bits per heavy atom. The predicted molar refractivity (Wildman–Crippen MR) is 127 cm³/mol. The second-order valence-corrected chi connectivity index (χ2v) is 12.7. The molecule has 1 N–H and O–H groups in total. The van der Waals surface area contributed by atoms with Gasteiger partial charge in [0.1, 0.15) is 12.5 Å². The normalized spacial score (nSPS) is 18.5. The fourth-order valence-corrected chi connectivity index (χ4v) is 5.05. The van der Waals surface area contributed by atoms with Crippen LogP contribution in [0.15, 0.2) is 41.1 Å². The molecule has 168 valence electrons. The van der Waals surface area contributed by atoms with Crippen LogP contribution in [0.1, 0.15) is 54.0 Å². The highest BCUT2D eigenvalue weighted by Crippen LogP contribution is 2.48. The summed E-state index contributed by atoms with van der Waals surface area (Å²) in [5.74, 6) is 0.326. The highest BCUT2D eigenvalue weighted by Gasteiger charge is 2.41. The van der Waals surface area contributed by atoms with Crippen LogP contribution in [0, 0.1) is 23.1 Å². The summed E-state index contributed by atoms with van der Waals surface area (Å²) in [5, 5.41) is 10.6. The van der Waals surface area contributed by atoms with Gasteiger partial charge >= 0.3 is 0 Å². The molecule has 0 saturated carbocycles. The Hall–Kier alpha value is -1.43. The van der Waals surface area contributed by atoms with E-state index in [2.05, 4.69) is 66.5 Å². The van der Waals surface area contributed by atoms with E-state index in [1.165, 1.54) is 17.7 Å². The number of hydrogen-bond donors (Lipinski definition) is 1. The molecule has 0 saturated heterocycles. The molecule has 1 aromatic rings. The minimum absolute atomic E-state index is 0.0553. The molecule has 3 nitrogen and oxygen atoms in total. The molecule has 1 aliphatic rings. The van der Waals surface area contributed by atoms with E-state index in [-0.39, 0.29) is 29.8 Å². The van der Waals surface area contributed by atoms with Crippen LogP contribution in [0.25, 0.3) is 5.57 Å². The summed E-state index contributed by atoms with van der Waals surface area (Å²) in [6, 6.07) is 6.85. The van der Waals surface area contributed by atoms with Crippen molar-refractivity contribution in [2.75, 3.05) is 13.3 Å². The van der Waals surface area contributed by atoms with Gasteiger partial charge in [-0.1, -0.05) is 60.6 Å². The quantitative estimate of drug-likeness (QED) is 0.550. The molecule has 2 rings (SSSR count). The highest BCUT2D eigenvalue weighted by atomic mass is 28.3. The SMILES string of the molecule is CC(C)C1=C(CO)C(c2ccc(F)cc2)=C(C(C)(C)C)C(C(C)C)N1CO[SiH](C)C. The molecule has 1 unspecified atom stereocenters. The van der Waals surface area contributed by atoms with Crippen LogP contribution in [-0.4, -0.2) is 38.4 Å². The van der Waals surface area contributed by atoms with Gasteiger partial charge in [-0.3, -0.25) is 0 Å². The van der Waals surface area contributed by atoms with Crippen molar-refractivity contribution in [3.05, 3.63) is 52.5 Å². The Balaban J connectivity index is 2.89. The smallest absolute Gasteiger partial charge is 0.173 e. The molecule has 5 heteroatoms. The first kappa shape index (κ1) is 24.8. The van der Waals surface area contributed by atoms with Crippen molar-refractivity contribution in [2.45, 2.75) is 67.6 Å². The fourth-order valence-electron chi connectivity index (χ4n) is 4.60. The molecule has 1 heterocycles. The Morgan fingerprint density at radius 2 is 1.67 bits per heavy atom. The maximum absolute atomic E-state index is 13.7. The van der Waals surface area contributed by atoms with Gasteiger partial charge in [-0.25, -0.2) is 4.39 Å². The van der Waals surface area contributed by atoms with Gasteiger partial charge in [0.25, 0.3) is 0 Å². The zero-order valence-corrected chi connectivity index (χ0v) is 21.4. The zero-order chi connectivity index (χ0) is 22.8. The van der Waals surface area contributed by atoms with Crippen molar-refractivity contribution >= 4 is 14.6 Å². The third-order valence-corrected chi connectivity index (χ3v) is 6.46. The van der Waals surface area contributed by atoms with E-state index in [1.54, 1.807) is 0 Å². The van der Waals surface area contributed by atoms with E-state index in [1.807, 2.05) is 12.1 Å². The number of halogens is 1. The molecule has 0 amide bonds. The van der Waals surface area contributed by atoms with Crippen LogP contribution in [0.5, 0.6) is 0 Å². The summed E-state index contributed by atoms with van der Waals surface area (Å²) in [5.41, 5.74) is 5.27. The van der Waals surface area contributed by atoms with E-state index in [4.69, 9.17) is 4.43 Å². The molecule has 0 fully saturated rings. The summed E-state index contributed by atoms with van der Waals surface area (Å²) >= 11 is 0. The maximum Gasteiger partial charge on any atom is 0.173 e. The van der Waals surface area contributed by atoms with Crippen molar-refractivity contribution < 1.29 is 13.9 Å². The Bertz CT molecular complexity index is 788. The lowest BCUT2D eigenvalue weighted by atomic mass is 9.69. The first-order valence-electron chi connectivity index (χ1n) is 11.1. The van der Waals surface area contributed by atoms with Crippen LogP contribution in [0.4, 0.5) is 4.39 Å². The van der Waals surface area contributed by atoms with Crippen molar-refractivity contribution in [3.63, 3.8) is 0 Å². The highest BCUT2D eigenvalue weighted by molar-refractivity contribution is 6.48. The number of hydrogen-bond acceptors (Lipinski definition) is 3. The van der Waals surface area contributed by atoms with E-state index in [9.17, 15) is 9.50 Å². The average Bonchev–Trinajstić information content (AvgIpc) is 2.63. The molecule has 0 radical (unpaired) electrons. The first-order valence-corrected chi connectivity index (χ1v) is 13.9. The zero-order valence-electron chi connectivity index (χ0n) is 20.2. The van der Waals surface area contributed by atoms with Crippen molar-refractivity contribution in [1.29, 1.82) is 0 Å². The number of allylic oxidation sites excluding steroid dienone is 1. The van der Waals surface area contributed by atoms with Gasteiger partial charge in [0.05, 0.1) is 12.6 Å². The van der Waals surface area contributed by atoms with Crippen molar-refractivity contribution in [2.24, 2.45) is 17.3 Å². The molecule has 0 aliphatic carbocycles. The third-order valence-electron chi connectivity index (χ3n) is 5.65. The van der Waals surface area contributed by atoms with Crippen LogP contribution >= 0.6 is 0 Å². The molecule has 1 aromatic carbocycles. The molecule has 1 atom stereocenters. The first-order chi connectivity index (χ1) is 13.9. The summed E-state index contributed by atoms with van der Waals surface area (Å²) in [6.45, 7) is 20.4. The Morgan fingerprint density at radius 1 is 1.10 bits per heavy atom. The van der Waals surface area contributed by atoms with E-state index in [0.29, 0.717) is 12.6 Å². The molecule has 30 heavy (non-hydrogen) atoms. The largest absolute Gasteiger partial charge is 0.403 e. The van der Waals surface area contributed by atoms with E-state index < -0.39 is 9.04 Å². The van der Waals surface area contributed by atoms with Crippen molar-refractivity contribution in [1.82, 2.24) is 4.90 Å². The van der Waals surface area contributed by atoms with Gasteiger partial charge in [-0.05, 0) is 59.2 Å². The lowest BCUT2D eigenvalue weighted by Crippen LogP contribution is -2.49. The third kappa shape index (κ3) is 5.24. The van der Waals surface area contributed by atoms with Gasteiger partial charge in [-0.2, -0.15) is 0 Å². The lowest BCUT2D eigenvalue weighted by molar-refractivity contribution is 0.0881. The standard InChI is InChI=1S/C25H40FNO2Si/c1-16(2)23-20(14-28)21(18-10-12-19(26)13-11-18)22(25(5,6)7)24(17(3)4)27(23)15-29-30(8)9/h10-13,16-17,24,28,30H,14-15H2,1-9H3. The number of rotatable bonds is 7. The number of benzene rings is 1. The van der Waals surface area contributed by atoms with Crippen LogP contribution in [0.3, 0.4) is 0 Å². The fraction of sp³-hybridized carbons (Fsp3) is 0.600. The Labute approximate surface area is 184 Å². The van der Waals surface area contributed by atoms with E-state index >= 15 is 0 Å². The minimum atomic E-state index is -1.22. The van der Waals surface area contributed by atoms with E-state index in [0.717, 1.165) is 22.4 Å². The van der Waals surface area contributed by atoms with Gasteiger partial charge in [-0.15, -0.1) is 0 Å². The summed E-state index contributed by atoms with van der Waals surface area (Å²) in [7, 11) is -1.22.